The van der Waals surface area contributed by atoms with E-state index in [4.69, 9.17) is 5.73 Å². The number of rotatable bonds is 6. The van der Waals surface area contributed by atoms with E-state index >= 15 is 0 Å². The van der Waals surface area contributed by atoms with Gasteiger partial charge >= 0.3 is 0 Å². The van der Waals surface area contributed by atoms with E-state index in [2.05, 4.69) is 25.4 Å². The quantitative estimate of drug-likeness (QED) is 0.792. The standard InChI is InChI=1S/C14H22N2OS.ClH/c1-4-14(5-2,18-3)10-16-13(17)11-7-6-8-12(15)9-11;/h6-9H,4-5,10,15H2,1-3H3,(H,16,17);1H. The van der Waals surface area contributed by atoms with Crippen molar-refractivity contribution >= 4 is 35.8 Å². The Labute approximate surface area is 126 Å². The van der Waals surface area contributed by atoms with Crippen LogP contribution >= 0.6 is 24.2 Å². The van der Waals surface area contributed by atoms with Crippen molar-refractivity contribution in [3.63, 3.8) is 0 Å². The predicted molar refractivity (Wildman–Crippen MR) is 87.3 cm³/mol. The van der Waals surface area contributed by atoms with Gasteiger partial charge in [0, 0.05) is 22.5 Å². The summed E-state index contributed by atoms with van der Waals surface area (Å²) in [4.78, 5) is 12.0. The Morgan fingerprint density at radius 3 is 2.47 bits per heavy atom. The summed E-state index contributed by atoms with van der Waals surface area (Å²) in [6.45, 7) is 5.01. The number of benzene rings is 1. The van der Waals surface area contributed by atoms with Crippen LogP contribution in [-0.2, 0) is 0 Å². The summed E-state index contributed by atoms with van der Waals surface area (Å²) in [5.41, 5.74) is 6.91. The van der Waals surface area contributed by atoms with Crippen molar-refractivity contribution in [2.75, 3.05) is 18.5 Å². The van der Waals surface area contributed by atoms with Crippen molar-refractivity contribution < 1.29 is 4.79 Å². The lowest BCUT2D eigenvalue weighted by molar-refractivity contribution is 0.0949. The molecule has 0 unspecified atom stereocenters. The molecule has 0 atom stereocenters. The number of nitrogens with one attached hydrogen (secondary N) is 1. The lowest BCUT2D eigenvalue weighted by atomic mass is 10.0. The monoisotopic (exact) mass is 302 g/mol. The Balaban J connectivity index is 0.00000324. The van der Waals surface area contributed by atoms with Crippen molar-refractivity contribution in [1.82, 2.24) is 5.32 Å². The average Bonchev–Trinajstić information content (AvgIpc) is 2.40. The van der Waals surface area contributed by atoms with Crippen LogP contribution in [-0.4, -0.2) is 23.5 Å². The van der Waals surface area contributed by atoms with Gasteiger partial charge in [-0.1, -0.05) is 19.9 Å². The maximum absolute atomic E-state index is 12.0. The maximum Gasteiger partial charge on any atom is 0.251 e. The van der Waals surface area contributed by atoms with Gasteiger partial charge in [0.15, 0.2) is 0 Å². The molecule has 1 aromatic carbocycles. The zero-order valence-electron chi connectivity index (χ0n) is 11.7. The van der Waals surface area contributed by atoms with Crippen molar-refractivity contribution in [3.05, 3.63) is 29.8 Å². The first-order valence-corrected chi connectivity index (χ1v) is 7.48. The van der Waals surface area contributed by atoms with Gasteiger partial charge in [-0.3, -0.25) is 4.79 Å². The van der Waals surface area contributed by atoms with E-state index in [9.17, 15) is 4.79 Å². The highest BCUT2D eigenvalue weighted by Crippen LogP contribution is 2.29. The molecule has 0 radical (unpaired) electrons. The molecule has 0 saturated carbocycles. The molecule has 0 heterocycles. The Bertz CT molecular complexity index is 400. The molecule has 0 aromatic heterocycles. The third kappa shape index (κ3) is 4.96. The van der Waals surface area contributed by atoms with Crippen LogP contribution in [0.3, 0.4) is 0 Å². The van der Waals surface area contributed by atoms with Gasteiger partial charge in [-0.25, -0.2) is 0 Å². The fourth-order valence-corrected chi connectivity index (χ4v) is 2.68. The van der Waals surface area contributed by atoms with Crippen LogP contribution in [0, 0.1) is 0 Å². The Morgan fingerprint density at radius 1 is 1.37 bits per heavy atom. The fraction of sp³-hybridized carbons (Fsp3) is 0.500. The summed E-state index contributed by atoms with van der Waals surface area (Å²) in [7, 11) is 0. The first kappa shape index (κ1) is 18.1. The molecule has 0 bridgehead atoms. The van der Waals surface area contributed by atoms with Crippen molar-refractivity contribution in [3.8, 4) is 0 Å². The normalized spacial score (nSPS) is 10.7. The van der Waals surface area contributed by atoms with Crippen LogP contribution in [0.5, 0.6) is 0 Å². The molecular formula is C14H23ClN2OS. The highest BCUT2D eigenvalue weighted by atomic mass is 35.5. The van der Waals surface area contributed by atoms with Gasteiger partial charge in [-0.05, 0) is 37.3 Å². The minimum atomic E-state index is -0.0531. The van der Waals surface area contributed by atoms with E-state index in [1.165, 1.54) is 0 Å². The Morgan fingerprint density at radius 2 is 2.00 bits per heavy atom. The number of anilines is 1. The van der Waals surface area contributed by atoms with Gasteiger partial charge < -0.3 is 11.1 Å². The molecule has 19 heavy (non-hydrogen) atoms. The van der Waals surface area contributed by atoms with Gasteiger partial charge in [0.2, 0.25) is 0 Å². The number of hydrogen-bond acceptors (Lipinski definition) is 3. The minimum Gasteiger partial charge on any atom is -0.399 e. The topological polar surface area (TPSA) is 55.1 Å². The summed E-state index contributed by atoms with van der Waals surface area (Å²) < 4.78 is 0.135. The summed E-state index contributed by atoms with van der Waals surface area (Å²) in [5, 5.41) is 3.00. The van der Waals surface area contributed by atoms with Crippen molar-refractivity contribution in [1.29, 1.82) is 0 Å². The molecule has 5 heteroatoms. The zero-order chi connectivity index (χ0) is 13.6. The molecule has 1 rings (SSSR count). The number of carbonyl (C=O) groups is 1. The summed E-state index contributed by atoms with van der Waals surface area (Å²) in [6, 6.07) is 7.06. The lowest BCUT2D eigenvalue weighted by Crippen LogP contribution is -2.39. The van der Waals surface area contributed by atoms with E-state index in [0.717, 1.165) is 12.8 Å². The fourth-order valence-electron chi connectivity index (χ4n) is 1.88. The second kappa shape index (κ2) is 8.33. The molecule has 108 valence electrons. The number of amides is 1. The molecule has 0 aliphatic heterocycles. The lowest BCUT2D eigenvalue weighted by Gasteiger charge is -2.29. The first-order chi connectivity index (χ1) is 8.56. The van der Waals surface area contributed by atoms with Crippen LogP contribution in [0.15, 0.2) is 24.3 Å². The molecule has 0 aliphatic rings. The van der Waals surface area contributed by atoms with Crippen LogP contribution < -0.4 is 11.1 Å². The maximum atomic E-state index is 12.0. The largest absolute Gasteiger partial charge is 0.399 e. The Hall–Kier alpha value is -0.870. The molecule has 1 aromatic rings. The molecule has 0 spiro atoms. The van der Waals surface area contributed by atoms with E-state index in [-0.39, 0.29) is 23.1 Å². The van der Waals surface area contributed by atoms with Crippen LogP contribution in [0.1, 0.15) is 37.0 Å². The number of thioether (sulfide) groups is 1. The smallest absolute Gasteiger partial charge is 0.251 e. The molecule has 0 fully saturated rings. The molecule has 3 nitrogen and oxygen atoms in total. The average molecular weight is 303 g/mol. The number of carbonyl (C=O) groups excluding carboxylic acids is 1. The van der Waals surface area contributed by atoms with Gasteiger partial charge in [-0.2, -0.15) is 11.8 Å². The van der Waals surface area contributed by atoms with Crippen LogP contribution in [0.4, 0.5) is 5.69 Å². The number of hydrogen-bond donors (Lipinski definition) is 2. The summed E-state index contributed by atoms with van der Waals surface area (Å²) >= 11 is 1.82. The van der Waals surface area contributed by atoms with E-state index in [1.54, 1.807) is 24.3 Å². The first-order valence-electron chi connectivity index (χ1n) is 6.25. The molecule has 0 saturated heterocycles. The second-order valence-corrected chi connectivity index (χ2v) is 5.68. The van der Waals surface area contributed by atoms with E-state index in [1.807, 2.05) is 11.8 Å². The van der Waals surface area contributed by atoms with Crippen LogP contribution in [0.2, 0.25) is 0 Å². The van der Waals surface area contributed by atoms with E-state index in [0.29, 0.717) is 17.8 Å². The van der Waals surface area contributed by atoms with Crippen LogP contribution in [0.25, 0.3) is 0 Å². The molecule has 0 aliphatic carbocycles. The third-order valence-electron chi connectivity index (χ3n) is 3.44. The van der Waals surface area contributed by atoms with Crippen molar-refractivity contribution in [2.24, 2.45) is 0 Å². The van der Waals surface area contributed by atoms with Gasteiger partial charge in [0.05, 0.1) is 0 Å². The molecular weight excluding hydrogens is 280 g/mol. The number of halogens is 1. The minimum absolute atomic E-state index is 0. The predicted octanol–water partition coefficient (Wildman–Crippen LogP) is 3.34. The summed E-state index contributed by atoms with van der Waals surface area (Å²) in [5.74, 6) is -0.0531. The molecule has 1 amide bonds. The Kier molecular flexibility index (Phi) is 7.95. The SMILES string of the molecule is CCC(CC)(CNC(=O)c1cccc(N)c1)SC.Cl. The van der Waals surface area contributed by atoms with Crippen molar-refractivity contribution in [2.45, 2.75) is 31.4 Å². The number of nitrogens with two attached hydrogens (primary N) is 1. The molecule has 3 N–H and O–H groups in total. The highest BCUT2D eigenvalue weighted by molar-refractivity contribution is 8.00. The van der Waals surface area contributed by atoms with Gasteiger partial charge in [0.1, 0.15) is 0 Å². The zero-order valence-corrected chi connectivity index (χ0v) is 13.4. The van der Waals surface area contributed by atoms with Gasteiger partial charge in [0.25, 0.3) is 5.91 Å². The summed E-state index contributed by atoms with van der Waals surface area (Å²) in [6.07, 6.45) is 4.18. The van der Waals surface area contributed by atoms with E-state index < -0.39 is 0 Å². The number of nitrogen functional groups attached to an aromatic ring is 1. The second-order valence-electron chi connectivity index (χ2n) is 4.40. The highest BCUT2D eigenvalue weighted by Gasteiger charge is 2.25. The third-order valence-corrected chi connectivity index (χ3v) is 5.03. The van der Waals surface area contributed by atoms with Gasteiger partial charge in [-0.15, -0.1) is 12.4 Å².